The number of rotatable bonds is 2. The molecular formula is C11H13N5O. The van der Waals surface area contributed by atoms with Crippen molar-refractivity contribution in [2.75, 3.05) is 0 Å². The Kier molecular flexibility index (Phi) is 2.86. The largest absolute Gasteiger partial charge is 0.371 e. The molecule has 2 aromatic rings. The highest BCUT2D eigenvalue weighted by atomic mass is 16.2. The molecular weight excluding hydrogens is 218 g/mol. The van der Waals surface area contributed by atoms with E-state index in [0.29, 0.717) is 11.5 Å². The van der Waals surface area contributed by atoms with Crippen LogP contribution in [0.15, 0.2) is 34.4 Å². The Morgan fingerprint density at radius 1 is 1.41 bits per heavy atom. The molecule has 88 valence electrons. The summed E-state index contributed by atoms with van der Waals surface area (Å²) in [5, 5.41) is 8.28. The molecule has 0 bridgehead atoms. The maximum Gasteiger partial charge on any atom is 0.371 e. The predicted octanol–water partition coefficient (Wildman–Crippen LogP) is 0.981. The molecule has 0 aliphatic carbocycles. The minimum Gasteiger partial charge on any atom is -0.262 e. The predicted molar refractivity (Wildman–Crippen MR) is 64.5 cm³/mol. The summed E-state index contributed by atoms with van der Waals surface area (Å²) in [6.45, 7) is 5.39. The molecule has 0 fully saturated rings. The Morgan fingerprint density at radius 3 is 2.76 bits per heavy atom. The Labute approximate surface area is 98.2 Å². The normalized spacial score (nSPS) is 10.3. The van der Waals surface area contributed by atoms with E-state index in [-0.39, 0.29) is 5.69 Å². The first-order valence-electron chi connectivity index (χ1n) is 5.21. The van der Waals surface area contributed by atoms with Crippen molar-refractivity contribution in [3.63, 3.8) is 0 Å². The average molecular weight is 231 g/mol. The van der Waals surface area contributed by atoms with Gasteiger partial charge >= 0.3 is 5.69 Å². The first-order valence-corrected chi connectivity index (χ1v) is 5.21. The highest BCUT2D eigenvalue weighted by Crippen LogP contribution is 2.01. The number of hydrogen-bond donors (Lipinski definition) is 0. The molecule has 0 spiro atoms. The van der Waals surface area contributed by atoms with Crippen LogP contribution in [0.4, 0.5) is 0 Å². The van der Waals surface area contributed by atoms with Gasteiger partial charge in [-0.2, -0.15) is 14.5 Å². The summed E-state index contributed by atoms with van der Waals surface area (Å²) < 4.78 is 2.57. The van der Waals surface area contributed by atoms with Gasteiger partial charge < -0.3 is 0 Å². The van der Waals surface area contributed by atoms with Crippen LogP contribution < -0.4 is 5.69 Å². The van der Waals surface area contributed by atoms with Crippen molar-refractivity contribution in [2.45, 2.75) is 20.8 Å². The van der Waals surface area contributed by atoms with E-state index in [2.05, 4.69) is 15.2 Å². The molecule has 0 aliphatic heterocycles. The Hall–Kier alpha value is -2.24. The van der Waals surface area contributed by atoms with Gasteiger partial charge in [0.15, 0.2) is 5.82 Å². The highest BCUT2D eigenvalue weighted by molar-refractivity contribution is 5.78. The zero-order chi connectivity index (χ0) is 12.4. The van der Waals surface area contributed by atoms with Crippen LogP contribution in [0.25, 0.3) is 5.69 Å². The van der Waals surface area contributed by atoms with E-state index in [0.717, 1.165) is 5.71 Å². The molecule has 6 nitrogen and oxygen atoms in total. The highest BCUT2D eigenvalue weighted by Gasteiger charge is 2.10. The second-order valence-corrected chi connectivity index (χ2v) is 3.81. The Balaban J connectivity index is 2.60. The molecule has 0 atom stereocenters. The number of hydrogen-bond acceptors (Lipinski definition) is 4. The zero-order valence-corrected chi connectivity index (χ0v) is 9.95. The van der Waals surface area contributed by atoms with Gasteiger partial charge in [-0.1, -0.05) is 0 Å². The smallest absolute Gasteiger partial charge is 0.262 e. The lowest BCUT2D eigenvalue weighted by atomic mass is 10.4. The van der Waals surface area contributed by atoms with Gasteiger partial charge in [-0.15, -0.1) is 5.10 Å². The first kappa shape index (κ1) is 11.3. The van der Waals surface area contributed by atoms with E-state index in [1.54, 1.807) is 31.5 Å². The Bertz CT molecular complexity index is 605. The molecule has 0 saturated heterocycles. The summed E-state index contributed by atoms with van der Waals surface area (Å²) >= 11 is 0. The maximum atomic E-state index is 12.1. The van der Waals surface area contributed by atoms with Gasteiger partial charge in [-0.25, -0.2) is 4.79 Å². The van der Waals surface area contributed by atoms with Gasteiger partial charge in [0.1, 0.15) is 0 Å². The fourth-order valence-corrected chi connectivity index (χ4v) is 1.42. The minimum atomic E-state index is -0.295. The first-order chi connectivity index (χ1) is 8.09. The number of nitrogens with zero attached hydrogens (tertiary/aromatic N) is 5. The fourth-order valence-electron chi connectivity index (χ4n) is 1.42. The van der Waals surface area contributed by atoms with Gasteiger partial charge in [0.2, 0.25) is 0 Å². The van der Waals surface area contributed by atoms with Gasteiger partial charge in [0.05, 0.1) is 11.9 Å². The van der Waals surface area contributed by atoms with Crippen molar-refractivity contribution in [3.8, 4) is 5.69 Å². The minimum absolute atomic E-state index is 0.295. The third kappa shape index (κ3) is 2.15. The van der Waals surface area contributed by atoms with Crippen LogP contribution >= 0.6 is 0 Å². The number of aryl methyl sites for hydroxylation is 1. The molecule has 2 rings (SSSR count). The molecule has 6 heteroatoms. The van der Waals surface area contributed by atoms with Crippen molar-refractivity contribution in [1.82, 2.24) is 19.4 Å². The molecule has 0 amide bonds. The molecule has 2 aromatic heterocycles. The van der Waals surface area contributed by atoms with Crippen LogP contribution in [0.2, 0.25) is 0 Å². The van der Waals surface area contributed by atoms with Gasteiger partial charge in [-0.05, 0) is 32.9 Å². The van der Waals surface area contributed by atoms with E-state index in [1.807, 2.05) is 13.8 Å². The molecule has 0 aromatic carbocycles. The number of aromatic nitrogens is 4. The summed E-state index contributed by atoms with van der Waals surface area (Å²) in [7, 11) is 0. The van der Waals surface area contributed by atoms with Gasteiger partial charge in [0.25, 0.3) is 0 Å². The maximum absolute atomic E-state index is 12.1. The number of pyridine rings is 1. The summed E-state index contributed by atoms with van der Waals surface area (Å²) in [6, 6.07) is 3.53. The topological polar surface area (TPSA) is 65.1 Å². The molecule has 0 aliphatic rings. The molecule has 0 N–H and O–H groups in total. The lowest BCUT2D eigenvalue weighted by Gasteiger charge is -1.96. The lowest BCUT2D eigenvalue weighted by Crippen LogP contribution is -2.22. The molecule has 17 heavy (non-hydrogen) atoms. The van der Waals surface area contributed by atoms with Crippen LogP contribution in [0.3, 0.4) is 0 Å². The third-order valence-electron chi connectivity index (χ3n) is 2.10. The summed E-state index contributed by atoms with van der Waals surface area (Å²) in [4.78, 5) is 16.0. The molecule has 0 saturated carbocycles. The van der Waals surface area contributed by atoms with Crippen LogP contribution in [-0.2, 0) is 0 Å². The van der Waals surface area contributed by atoms with Crippen molar-refractivity contribution < 1.29 is 0 Å². The second kappa shape index (κ2) is 4.32. The zero-order valence-electron chi connectivity index (χ0n) is 9.95. The van der Waals surface area contributed by atoms with Crippen LogP contribution in [-0.4, -0.2) is 25.2 Å². The van der Waals surface area contributed by atoms with Gasteiger partial charge in [0, 0.05) is 11.9 Å². The summed E-state index contributed by atoms with van der Waals surface area (Å²) in [5.41, 5.74) is 1.13. The summed E-state index contributed by atoms with van der Waals surface area (Å²) in [6.07, 6.45) is 3.23. The molecule has 2 heterocycles. The van der Waals surface area contributed by atoms with E-state index in [4.69, 9.17) is 0 Å². The van der Waals surface area contributed by atoms with Crippen molar-refractivity contribution in [2.24, 2.45) is 5.10 Å². The standard InChI is InChI=1S/C11H13N5O/c1-8(2)13-15-9(3)14-16(11(15)17)10-5-4-6-12-7-10/h4-7H,1-3H3. The van der Waals surface area contributed by atoms with Crippen molar-refractivity contribution >= 4 is 5.71 Å². The van der Waals surface area contributed by atoms with Gasteiger partial charge in [-0.3, -0.25) is 4.98 Å². The van der Waals surface area contributed by atoms with E-state index >= 15 is 0 Å². The van der Waals surface area contributed by atoms with Crippen LogP contribution in [0.1, 0.15) is 19.7 Å². The third-order valence-corrected chi connectivity index (χ3v) is 2.10. The monoisotopic (exact) mass is 231 g/mol. The lowest BCUT2D eigenvalue weighted by molar-refractivity contribution is 0.772. The van der Waals surface area contributed by atoms with Crippen LogP contribution in [0.5, 0.6) is 0 Å². The SMILES string of the molecule is CC(C)=Nn1c(C)nn(-c2cccnc2)c1=O. The van der Waals surface area contributed by atoms with E-state index in [9.17, 15) is 4.79 Å². The average Bonchev–Trinajstić information content (AvgIpc) is 2.58. The summed E-state index contributed by atoms with van der Waals surface area (Å²) in [5.74, 6) is 0.542. The Morgan fingerprint density at radius 2 is 2.18 bits per heavy atom. The van der Waals surface area contributed by atoms with Crippen molar-refractivity contribution in [3.05, 3.63) is 40.8 Å². The quantitative estimate of drug-likeness (QED) is 0.724. The van der Waals surface area contributed by atoms with Crippen LogP contribution in [0, 0.1) is 6.92 Å². The fraction of sp³-hybridized carbons (Fsp3) is 0.273. The van der Waals surface area contributed by atoms with E-state index in [1.165, 1.54) is 9.36 Å². The van der Waals surface area contributed by atoms with Crippen molar-refractivity contribution in [1.29, 1.82) is 0 Å². The molecule has 0 radical (unpaired) electrons. The molecule has 0 unspecified atom stereocenters. The second-order valence-electron chi connectivity index (χ2n) is 3.81. The van der Waals surface area contributed by atoms with E-state index < -0.39 is 0 Å².